The highest BCUT2D eigenvalue weighted by atomic mass is 15.2. The van der Waals surface area contributed by atoms with Crippen LogP contribution in [-0.4, -0.2) is 43.0 Å². The van der Waals surface area contributed by atoms with E-state index in [1.165, 1.54) is 37.9 Å². The summed E-state index contributed by atoms with van der Waals surface area (Å²) in [5, 5.41) is 8.27. The first-order chi connectivity index (χ1) is 12.7. The van der Waals surface area contributed by atoms with Gasteiger partial charge in [0.1, 0.15) is 0 Å². The van der Waals surface area contributed by atoms with Crippen molar-refractivity contribution in [3.63, 3.8) is 0 Å². The summed E-state index contributed by atoms with van der Waals surface area (Å²) in [5.74, 6) is 0. The van der Waals surface area contributed by atoms with Crippen molar-refractivity contribution in [3.05, 3.63) is 60.2 Å². The summed E-state index contributed by atoms with van der Waals surface area (Å²) in [7, 11) is 2.24. The highest BCUT2D eigenvalue weighted by Gasteiger charge is 2.12. The third-order valence-electron chi connectivity index (χ3n) is 5.75. The second kappa shape index (κ2) is 7.22. The molecule has 0 aliphatic rings. The molecule has 0 amide bonds. The predicted molar refractivity (Wildman–Crippen MR) is 114 cm³/mol. The van der Waals surface area contributed by atoms with Gasteiger partial charge in [0.15, 0.2) is 0 Å². The van der Waals surface area contributed by atoms with Crippen molar-refractivity contribution in [2.75, 3.05) is 33.2 Å². The minimum Gasteiger partial charge on any atom is -0.303 e. The molecule has 0 N–H and O–H groups in total. The molecule has 0 aliphatic carbocycles. The van der Waals surface area contributed by atoms with Gasteiger partial charge >= 0.3 is 0 Å². The average molecular weight is 345 g/mol. The number of benzene rings is 4. The SMILES string of the molecule is CCN(CC)CCN(C)Cc1ccc2ccc3cccc4ccc1c2c34. The summed E-state index contributed by atoms with van der Waals surface area (Å²) < 4.78 is 0. The van der Waals surface area contributed by atoms with Crippen molar-refractivity contribution in [1.29, 1.82) is 0 Å². The fourth-order valence-electron chi connectivity index (χ4n) is 4.16. The lowest BCUT2D eigenvalue weighted by Crippen LogP contribution is -2.32. The van der Waals surface area contributed by atoms with E-state index in [9.17, 15) is 0 Å². The van der Waals surface area contributed by atoms with Crippen molar-refractivity contribution in [2.45, 2.75) is 20.4 Å². The quantitative estimate of drug-likeness (QED) is 0.417. The number of likely N-dealkylation sites (N-methyl/N-ethyl adjacent to an activating group) is 2. The Hall–Kier alpha value is -2.16. The summed E-state index contributed by atoms with van der Waals surface area (Å²) in [6.45, 7) is 9.97. The maximum atomic E-state index is 2.49. The van der Waals surface area contributed by atoms with Gasteiger partial charge in [-0.3, -0.25) is 0 Å². The van der Waals surface area contributed by atoms with Gasteiger partial charge in [0.05, 0.1) is 0 Å². The van der Waals surface area contributed by atoms with Gasteiger partial charge in [-0.1, -0.05) is 68.4 Å². The van der Waals surface area contributed by atoms with Crippen molar-refractivity contribution >= 4 is 32.3 Å². The standard InChI is InChI=1S/C24H28N2/c1-4-26(5-2)16-15-25(3)17-21-12-11-20-10-9-18-7-6-8-19-13-14-22(21)24(20)23(18)19/h6-14H,4-5,15-17H2,1-3H3. The fourth-order valence-corrected chi connectivity index (χ4v) is 4.16. The number of hydrogen-bond donors (Lipinski definition) is 0. The Bertz CT molecular complexity index is 1000. The van der Waals surface area contributed by atoms with E-state index in [2.05, 4.69) is 85.3 Å². The molecule has 0 saturated heterocycles. The molecule has 26 heavy (non-hydrogen) atoms. The van der Waals surface area contributed by atoms with Gasteiger partial charge in [-0.2, -0.15) is 0 Å². The van der Waals surface area contributed by atoms with Crippen molar-refractivity contribution in [2.24, 2.45) is 0 Å². The van der Waals surface area contributed by atoms with Crippen LogP contribution in [0.25, 0.3) is 32.3 Å². The van der Waals surface area contributed by atoms with Crippen LogP contribution in [0.2, 0.25) is 0 Å². The van der Waals surface area contributed by atoms with E-state index in [0.717, 1.165) is 32.7 Å². The van der Waals surface area contributed by atoms with E-state index in [1.54, 1.807) is 0 Å². The predicted octanol–water partition coefficient (Wildman–Crippen LogP) is 5.36. The zero-order chi connectivity index (χ0) is 18.1. The topological polar surface area (TPSA) is 6.48 Å². The van der Waals surface area contributed by atoms with E-state index < -0.39 is 0 Å². The van der Waals surface area contributed by atoms with Gasteiger partial charge in [-0.05, 0) is 58.0 Å². The zero-order valence-electron chi connectivity index (χ0n) is 16.1. The van der Waals surface area contributed by atoms with Crippen LogP contribution in [0, 0.1) is 0 Å². The maximum Gasteiger partial charge on any atom is 0.0237 e. The molecular weight excluding hydrogens is 316 g/mol. The first-order valence-electron chi connectivity index (χ1n) is 9.77. The summed E-state index contributed by atoms with van der Waals surface area (Å²) in [6.07, 6.45) is 0. The molecule has 0 saturated carbocycles. The van der Waals surface area contributed by atoms with Crippen LogP contribution < -0.4 is 0 Å². The Morgan fingerprint density at radius 2 is 1.31 bits per heavy atom. The third-order valence-corrected chi connectivity index (χ3v) is 5.75. The Morgan fingerprint density at radius 3 is 2.00 bits per heavy atom. The molecule has 0 atom stereocenters. The van der Waals surface area contributed by atoms with Crippen LogP contribution >= 0.6 is 0 Å². The van der Waals surface area contributed by atoms with Gasteiger partial charge in [0.2, 0.25) is 0 Å². The normalized spacial score (nSPS) is 12.3. The summed E-state index contributed by atoms with van der Waals surface area (Å²) in [5.41, 5.74) is 1.43. The molecule has 2 heteroatoms. The Kier molecular flexibility index (Phi) is 4.80. The van der Waals surface area contributed by atoms with Crippen LogP contribution in [0.5, 0.6) is 0 Å². The van der Waals surface area contributed by atoms with Crippen LogP contribution in [0.4, 0.5) is 0 Å². The number of nitrogens with zero attached hydrogens (tertiary/aromatic N) is 2. The molecule has 0 fully saturated rings. The lowest BCUT2D eigenvalue weighted by atomic mass is 9.92. The zero-order valence-corrected chi connectivity index (χ0v) is 16.1. The number of rotatable bonds is 7. The monoisotopic (exact) mass is 344 g/mol. The van der Waals surface area contributed by atoms with E-state index in [-0.39, 0.29) is 0 Å². The lowest BCUT2D eigenvalue weighted by Gasteiger charge is -2.24. The molecule has 4 aromatic rings. The fraction of sp³-hybridized carbons (Fsp3) is 0.333. The van der Waals surface area contributed by atoms with Crippen molar-refractivity contribution in [3.8, 4) is 0 Å². The number of hydrogen-bond acceptors (Lipinski definition) is 2. The average Bonchev–Trinajstić information content (AvgIpc) is 2.68. The second-order valence-corrected chi connectivity index (χ2v) is 7.35. The van der Waals surface area contributed by atoms with Crippen LogP contribution in [0.1, 0.15) is 19.4 Å². The van der Waals surface area contributed by atoms with Gasteiger partial charge in [0, 0.05) is 19.6 Å². The van der Waals surface area contributed by atoms with E-state index in [0.29, 0.717) is 0 Å². The summed E-state index contributed by atoms with van der Waals surface area (Å²) >= 11 is 0. The molecule has 0 bridgehead atoms. The van der Waals surface area contributed by atoms with Gasteiger partial charge in [-0.25, -0.2) is 0 Å². The smallest absolute Gasteiger partial charge is 0.0237 e. The van der Waals surface area contributed by atoms with E-state index >= 15 is 0 Å². The second-order valence-electron chi connectivity index (χ2n) is 7.35. The molecule has 0 aromatic heterocycles. The van der Waals surface area contributed by atoms with Crippen LogP contribution in [-0.2, 0) is 6.54 Å². The highest BCUT2D eigenvalue weighted by Crippen LogP contribution is 2.36. The molecule has 4 aromatic carbocycles. The Labute approximate surface area is 156 Å². The van der Waals surface area contributed by atoms with Gasteiger partial charge in [0.25, 0.3) is 0 Å². The minimum absolute atomic E-state index is 0.995. The summed E-state index contributed by atoms with van der Waals surface area (Å²) in [4.78, 5) is 4.94. The molecule has 4 rings (SSSR count). The minimum atomic E-state index is 0.995. The molecule has 0 unspecified atom stereocenters. The largest absolute Gasteiger partial charge is 0.303 e. The highest BCUT2D eigenvalue weighted by molar-refractivity contribution is 6.23. The Morgan fingerprint density at radius 1 is 0.692 bits per heavy atom. The molecular formula is C24H28N2. The molecule has 134 valence electrons. The van der Waals surface area contributed by atoms with Gasteiger partial charge < -0.3 is 9.80 Å². The van der Waals surface area contributed by atoms with Crippen LogP contribution in [0.15, 0.2) is 54.6 Å². The first-order valence-corrected chi connectivity index (χ1v) is 9.77. The van der Waals surface area contributed by atoms with Gasteiger partial charge in [-0.15, -0.1) is 0 Å². The maximum absolute atomic E-state index is 2.49. The van der Waals surface area contributed by atoms with Crippen LogP contribution in [0.3, 0.4) is 0 Å². The lowest BCUT2D eigenvalue weighted by molar-refractivity contribution is 0.237. The molecule has 0 radical (unpaired) electrons. The summed E-state index contributed by atoms with van der Waals surface area (Å²) in [6, 6.07) is 20.3. The van der Waals surface area contributed by atoms with E-state index in [4.69, 9.17) is 0 Å². The molecule has 0 heterocycles. The van der Waals surface area contributed by atoms with Crippen molar-refractivity contribution in [1.82, 2.24) is 9.80 Å². The Balaban J connectivity index is 1.69. The molecule has 0 spiro atoms. The molecule has 2 nitrogen and oxygen atoms in total. The van der Waals surface area contributed by atoms with E-state index in [1.807, 2.05) is 0 Å². The first kappa shape index (κ1) is 17.3. The third kappa shape index (κ3) is 3.04. The molecule has 0 aliphatic heterocycles. The van der Waals surface area contributed by atoms with Crippen molar-refractivity contribution < 1.29 is 0 Å².